The average molecular weight is 226 g/mol. The lowest BCUT2D eigenvalue weighted by Crippen LogP contribution is -2.67. The van der Waals surface area contributed by atoms with Gasteiger partial charge in [0.2, 0.25) is 0 Å². The van der Waals surface area contributed by atoms with Crippen molar-refractivity contribution in [2.45, 2.75) is 25.1 Å². The van der Waals surface area contributed by atoms with Crippen LogP contribution in [-0.2, 0) is 4.74 Å². The van der Waals surface area contributed by atoms with E-state index in [9.17, 15) is 13.2 Å². The van der Waals surface area contributed by atoms with E-state index in [-0.39, 0.29) is 12.1 Å². The van der Waals surface area contributed by atoms with Crippen molar-refractivity contribution in [2.24, 2.45) is 5.73 Å². The van der Waals surface area contributed by atoms with E-state index in [0.29, 0.717) is 6.54 Å². The van der Waals surface area contributed by atoms with Gasteiger partial charge in [-0.1, -0.05) is 6.92 Å². The SMILES string of the molecule is CCC1(N)CN(CCOCC(F)(F)F)C1. The van der Waals surface area contributed by atoms with Gasteiger partial charge in [0.1, 0.15) is 6.61 Å². The summed E-state index contributed by atoms with van der Waals surface area (Å²) in [6.07, 6.45) is -3.33. The van der Waals surface area contributed by atoms with Crippen molar-refractivity contribution in [1.29, 1.82) is 0 Å². The van der Waals surface area contributed by atoms with Crippen molar-refractivity contribution in [2.75, 3.05) is 32.8 Å². The smallest absolute Gasteiger partial charge is 0.371 e. The Kier molecular flexibility index (Phi) is 3.97. The summed E-state index contributed by atoms with van der Waals surface area (Å²) in [5, 5.41) is 0. The molecule has 1 heterocycles. The number of hydrogen-bond acceptors (Lipinski definition) is 3. The van der Waals surface area contributed by atoms with Gasteiger partial charge in [0.05, 0.1) is 6.61 Å². The Morgan fingerprint density at radius 1 is 1.40 bits per heavy atom. The second-order valence-corrected chi connectivity index (χ2v) is 4.09. The lowest BCUT2D eigenvalue weighted by atomic mass is 9.88. The Hall–Kier alpha value is -0.330. The topological polar surface area (TPSA) is 38.5 Å². The highest BCUT2D eigenvalue weighted by molar-refractivity contribution is 4.98. The largest absolute Gasteiger partial charge is 0.411 e. The molecule has 0 bridgehead atoms. The van der Waals surface area contributed by atoms with E-state index in [4.69, 9.17) is 5.73 Å². The summed E-state index contributed by atoms with van der Waals surface area (Å²) in [6.45, 7) is 2.98. The second-order valence-electron chi connectivity index (χ2n) is 4.09. The quantitative estimate of drug-likeness (QED) is 0.710. The average Bonchev–Trinajstić information content (AvgIpc) is 2.07. The van der Waals surface area contributed by atoms with Crippen LogP contribution in [0.5, 0.6) is 0 Å². The van der Waals surface area contributed by atoms with Gasteiger partial charge in [0, 0.05) is 25.2 Å². The van der Waals surface area contributed by atoms with Crippen LogP contribution in [0.15, 0.2) is 0 Å². The molecule has 0 unspecified atom stereocenters. The lowest BCUT2D eigenvalue weighted by molar-refractivity contribution is -0.175. The molecule has 1 fully saturated rings. The first-order valence-corrected chi connectivity index (χ1v) is 5.00. The molecule has 3 nitrogen and oxygen atoms in total. The molecule has 0 aliphatic carbocycles. The highest BCUT2D eigenvalue weighted by Gasteiger charge is 2.37. The van der Waals surface area contributed by atoms with Crippen molar-refractivity contribution in [1.82, 2.24) is 4.90 Å². The van der Waals surface area contributed by atoms with Gasteiger partial charge in [-0.2, -0.15) is 13.2 Å². The number of nitrogens with two attached hydrogens (primary N) is 1. The molecule has 0 radical (unpaired) electrons. The van der Waals surface area contributed by atoms with Gasteiger partial charge in [-0.05, 0) is 6.42 Å². The molecular formula is C9H17F3N2O. The number of hydrogen-bond donors (Lipinski definition) is 1. The third kappa shape index (κ3) is 4.36. The summed E-state index contributed by atoms with van der Waals surface area (Å²) in [5.41, 5.74) is 5.77. The summed E-state index contributed by atoms with van der Waals surface area (Å²) < 4.78 is 39.6. The van der Waals surface area contributed by atoms with Crippen LogP contribution >= 0.6 is 0 Å². The lowest BCUT2D eigenvalue weighted by Gasteiger charge is -2.47. The third-order valence-electron chi connectivity index (χ3n) is 2.60. The maximum Gasteiger partial charge on any atom is 0.411 e. The Labute approximate surface area is 87.4 Å². The minimum atomic E-state index is -4.23. The predicted octanol–water partition coefficient (Wildman–Crippen LogP) is 0.988. The summed E-state index contributed by atoms with van der Waals surface area (Å²) >= 11 is 0. The zero-order chi connectivity index (χ0) is 11.5. The Bertz CT molecular complexity index is 202. The number of nitrogens with zero attached hydrogens (tertiary/aromatic N) is 1. The Balaban J connectivity index is 2.00. The van der Waals surface area contributed by atoms with Crippen molar-refractivity contribution >= 4 is 0 Å². The normalized spacial score (nSPS) is 21.4. The van der Waals surface area contributed by atoms with Gasteiger partial charge >= 0.3 is 6.18 Å². The number of ether oxygens (including phenoxy) is 1. The minimum absolute atomic E-state index is 0.110. The standard InChI is InChI=1S/C9H17F3N2O/c1-2-8(13)5-14(6-8)3-4-15-7-9(10,11)12/h2-7,13H2,1H3. The molecule has 0 aromatic rings. The minimum Gasteiger partial charge on any atom is -0.371 e. The van der Waals surface area contributed by atoms with Crippen LogP contribution in [0.25, 0.3) is 0 Å². The van der Waals surface area contributed by atoms with E-state index in [0.717, 1.165) is 19.5 Å². The fourth-order valence-corrected chi connectivity index (χ4v) is 1.61. The second kappa shape index (κ2) is 4.67. The Morgan fingerprint density at radius 3 is 2.47 bits per heavy atom. The molecule has 1 saturated heterocycles. The monoisotopic (exact) mass is 226 g/mol. The van der Waals surface area contributed by atoms with Gasteiger partial charge in [0.15, 0.2) is 0 Å². The fraction of sp³-hybridized carbons (Fsp3) is 1.00. The first kappa shape index (κ1) is 12.7. The van der Waals surface area contributed by atoms with E-state index in [1.165, 1.54) is 0 Å². The Morgan fingerprint density at radius 2 is 2.00 bits per heavy atom. The van der Waals surface area contributed by atoms with Crippen LogP contribution in [0, 0.1) is 0 Å². The predicted molar refractivity (Wildman–Crippen MR) is 50.5 cm³/mol. The summed E-state index contributed by atoms with van der Waals surface area (Å²) in [6, 6.07) is 0. The molecule has 6 heteroatoms. The summed E-state index contributed by atoms with van der Waals surface area (Å²) in [4.78, 5) is 2.00. The molecule has 90 valence electrons. The van der Waals surface area contributed by atoms with Crippen molar-refractivity contribution < 1.29 is 17.9 Å². The first-order chi connectivity index (χ1) is 6.85. The summed E-state index contributed by atoms with van der Waals surface area (Å²) in [5.74, 6) is 0. The molecule has 15 heavy (non-hydrogen) atoms. The molecule has 2 N–H and O–H groups in total. The van der Waals surface area contributed by atoms with Crippen LogP contribution in [-0.4, -0.2) is 49.5 Å². The van der Waals surface area contributed by atoms with Gasteiger partial charge in [-0.15, -0.1) is 0 Å². The number of halogens is 3. The number of rotatable bonds is 5. The zero-order valence-electron chi connectivity index (χ0n) is 8.81. The number of likely N-dealkylation sites (tertiary alicyclic amines) is 1. The molecule has 0 saturated carbocycles. The highest BCUT2D eigenvalue weighted by atomic mass is 19.4. The molecular weight excluding hydrogens is 209 g/mol. The van der Waals surface area contributed by atoms with Gasteiger partial charge in [0.25, 0.3) is 0 Å². The number of alkyl halides is 3. The van der Waals surface area contributed by atoms with E-state index >= 15 is 0 Å². The third-order valence-corrected chi connectivity index (χ3v) is 2.60. The zero-order valence-corrected chi connectivity index (χ0v) is 8.81. The molecule has 1 aliphatic rings. The van der Waals surface area contributed by atoms with Crippen molar-refractivity contribution in [3.8, 4) is 0 Å². The molecule has 0 aromatic carbocycles. The van der Waals surface area contributed by atoms with E-state index in [2.05, 4.69) is 4.74 Å². The van der Waals surface area contributed by atoms with Crippen molar-refractivity contribution in [3.05, 3.63) is 0 Å². The summed E-state index contributed by atoms with van der Waals surface area (Å²) in [7, 11) is 0. The highest BCUT2D eigenvalue weighted by Crippen LogP contribution is 2.20. The van der Waals surface area contributed by atoms with Crippen LogP contribution in [0.2, 0.25) is 0 Å². The molecule has 0 spiro atoms. The molecule has 1 aliphatic heterocycles. The van der Waals surface area contributed by atoms with Gasteiger partial charge in [-0.25, -0.2) is 0 Å². The molecule has 0 aromatic heterocycles. The van der Waals surface area contributed by atoms with Gasteiger partial charge < -0.3 is 10.5 Å². The van der Waals surface area contributed by atoms with Crippen molar-refractivity contribution in [3.63, 3.8) is 0 Å². The molecule has 0 atom stereocenters. The van der Waals surface area contributed by atoms with Gasteiger partial charge in [-0.3, -0.25) is 4.90 Å². The maximum atomic E-state index is 11.7. The van der Waals surface area contributed by atoms with E-state index < -0.39 is 12.8 Å². The fourth-order valence-electron chi connectivity index (χ4n) is 1.61. The maximum absolute atomic E-state index is 11.7. The van der Waals surface area contributed by atoms with Crippen LogP contribution in [0.1, 0.15) is 13.3 Å². The van der Waals surface area contributed by atoms with Crippen LogP contribution < -0.4 is 5.73 Å². The van der Waals surface area contributed by atoms with Crippen LogP contribution in [0.4, 0.5) is 13.2 Å². The van der Waals surface area contributed by atoms with E-state index in [1.54, 1.807) is 0 Å². The van der Waals surface area contributed by atoms with E-state index in [1.807, 2.05) is 11.8 Å². The van der Waals surface area contributed by atoms with Crippen LogP contribution in [0.3, 0.4) is 0 Å². The molecule has 0 amide bonds. The molecule has 1 rings (SSSR count). The first-order valence-electron chi connectivity index (χ1n) is 5.00.